The van der Waals surface area contributed by atoms with Gasteiger partial charge in [0.15, 0.2) is 5.82 Å². The first-order chi connectivity index (χ1) is 12.2. The molecule has 2 saturated heterocycles. The number of aromatic nitrogens is 3. The first-order valence-corrected chi connectivity index (χ1v) is 8.74. The van der Waals surface area contributed by atoms with Crippen LogP contribution in [0.3, 0.4) is 0 Å². The lowest BCUT2D eigenvalue weighted by molar-refractivity contribution is -0.129. The van der Waals surface area contributed by atoms with E-state index in [0.29, 0.717) is 31.2 Å². The van der Waals surface area contributed by atoms with E-state index in [9.17, 15) is 9.59 Å². The summed E-state index contributed by atoms with van der Waals surface area (Å²) < 4.78 is 5.17. The van der Waals surface area contributed by atoms with E-state index in [4.69, 9.17) is 4.74 Å². The minimum Gasteiger partial charge on any atom is -0.467 e. The Morgan fingerprint density at radius 3 is 2.76 bits per heavy atom. The fourth-order valence-electron chi connectivity index (χ4n) is 3.06. The van der Waals surface area contributed by atoms with Crippen molar-refractivity contribution in [2.45, 2.75) is 38.6 Å². The maximum Gasteiger partial charge on any atom is 0.321 e. The molecule has 9 heteroatoms. The lowest BCUT2D eigenvalue weighted by atomic mass is 9.98. The molecule has 0 aliphatic carbocycles. The smallest absolute Gasteiger partial charge is 0.321 e. The van der Waals surface area contributed by atoms with Gasteiger partial charge in [-0.3, -0.25) is 9.59 Å². The molecule has 3 heterocycles. The normalized spacial score (nSPS) is 20.8. The van der Waals surface area contributed by atoms with Crippen molar-refractivity contribution in [2.75, 3.05) is 31.6 Å². The molecule has 1 atom stereocenters. The van der Waals surface area contributed by atoms with Gasteiger partial charge in [0.05, 0.1) is 19.6 Å². The molecule has 25 heavy (non-hydrogen) atoms. The summed E-state index contributed by atoms with van der Waals surface area (Å²) in [6.45, 7) is 2.43. The highest BCUT2D eigenvalue weighted by Crippen LogP contribution is 2.18. The van der Waals surface area contributed by atoms with Crippen LogP contribution in [-0.2, 0) is 16.1 Å². The molecule has 2 aliphatic rings. The molecule has 1 unspecified atom stereocenters. The summed E-state index contributed by atoms with van der Waals surface area (Å²) in [5.41, 5.74) is 0. The summed E-state index contributed by atoms with van der Waals surface area (Å²) in [5, 5.41) is 5.56. The van der Waals surface area contributed by atoms with Crippen LogP contribution in [0.15, 0.2) is 0 Å². The van der Waals surface area contributed by atoms with Crippen molar-refractivity contribution in [3.05, 3.63) is 5.82 Å². The monoisotopic (exact) mass is 348 g/mol. The van der Waals surface area contributed by atoms with Crippen molar-refractivity contribution in [1.29, 1.82) is 0 Å². The van der Waals surface area contributed by atoms with E-state index in [2.05, 4.69) is 30.5 Å². The molecule has 0 saturated carbocycles. The van der Waals surface area contributed by atoms with Gasteiger partial charge in [0, 0.05) is 26.1 Å². The van der Waals surface area contributed by atoms with Gasteiger partial charge in [-0.2, -0.15) is 15.0 Å². The Kier molecular flexibility index (Phi) is 5.62. The average molecular weight is 348 g/mol. The van der Waals surface area contributed by atoms with E-state index in [-0.39, 0.29) is 30.3 Å². The lowest BCUT2D eigenvalue weighted by Gasteiger charge is -2.26. The quantitative estimate of drug-likeness (QED) is 0.771. The number of ether oxygens (including phenoxy) is 1. The van der Waals surface area contributed by atoms with Gasteiger partial charge in [0.25, 0.3) is 0 Å². The molecule has 2 fully saturated rings. The number of piperidine rings is 2. The van der Waals surface area contributed by atoms with Gasteiger partial charge in [0.2, 0.25) is 17.8 Å². The minimum absolute atomic E-state index is 0.00238. The number of carbonyl (C=O) groups excluding carboxylic acids is 2. The van der Waals surface area contributed by atoms with Crippen LogP contribution in [0.4, 0.5) is 5.95 Å². The van der Waals surface area contributed by atoms with Gasteiger partial charge in [-0.25, -0.2) is 0 Å². The molecule has 2 N–H and O–H groups in total. The Hall–Kier alpha value is -2.45. The Morgan fingerprint density at radius 2 is 2.08 bits per heavy atom. The molecule has 0 radical (unpaired) electrons. The summed E-state index contributed by atoms with van der Waals surface area (Å²) in [6.07, 6.45) is 4.41. The number of nitrogens with one attached hydrogen (secondary N) is 2. The average Bonchev–Trinajstić information content (AvgIpc) is 2.67. The SMILES string of the molecule is COc1nc(CNC(=O)C2CCC(=O)NC2)nc(N2CCCCC2)n1. The van der Waals surface area contributed by atoms with Crippen molar-refractivity contribution in [3.8, 4) is 6.01 Å². The van der Waals surface area contributed by atoms with Crippen LogP contribution < -0.4 is 20.3 Å². The predicted octanol–water partition coefficient (Wildman–Crippen LogP) is 0.0129. The number of amides is 2. The highest BCUT2D eigenvalue weighted by molar-refractivity contribution is 5.83. The van der Waals surface area contributed by atoms with Gasteiger partial charge in [-0.15, -0.1) is 0 Å². The molecule has 136 valence electrons. The number of hydrogen-bond acceptors (Lipinski definition) is 7. The number of rotatable bonds is 5. The zero-order chi connectivity index (χ0) is 17.6. The highest BCUT2D eigenvalue weighted by atomic mass is 16.5. The molecule has 0 bridgehead atoms. The van der Waals surface area contributed by atoms with E-state index in [1.165, 1.54) is 13.5 Å². The van der Waals surface area contributed by atoms with Crippen molar-refractivity contribution in [2.24, 2.45) is 5.92 Å². The van der Waals surface area contributed by atoms with Gasteiger partial charge < -0.3 is 20.3 Å². The maximum atomic E-state index is 12.2. The van der Waals surface area contributed by atoms with Crippen LogP contribution in [-0.4, -0.2) is 53.5 Å². The molecule has 1 aromatic rings. The van der Waals surface area contributed by atoms with Crippen LogP contribution in [0, 0.1) is 5.92 Å². The van der Waals surface area contributed by atoms with E-state index in [1.54, 1.807) is 0 Å². The Morgan fingerprint density at radius 1 is 1.28 bits per heavy atom. The van der Waals surface area contributed by atoms with Crippen molar-refractivity contribution in [1.82, 2.24) is 25.6 Å². The summed E-state index contributed by atoms with van der Waals surface area (Å²) in [6, 6.07) is 0.254. The lowest BCUT2D eigenvalue weighted by Crippen LogP contribution is -2.42. The van der Waals surface area contributed by atoms with E-state index >= 15 is 0 Å². The second-order valence-corrected chi connectivity index (χ2v) is 6.34. The summed E-state index contributed by atoms with van der Waals surface area (Å²) in [4.78, 5) is 38.6. The largest absolute Gasteiger partial charge is 0.467 e. The standard InChI is InChI=1S/C16H24N6O3/c1-25-16-20-12(19-15(21-16)22-7-3-2-4-8-22)10-18-14(24)11-5-6-13(23)17-9-11/h11H,2-10H2,1H3,(H,17,23)(H,18,24). The first kappa shape index (κ1) is 17.4. The van der Waals surface area contributed by atoms with Crippen LogP contribution in [0.1, 0.15) is 37.9 Å². The molecule has 1 aromatic heterocycles. The second-order valence-electron chi connectivity index (χ2n) is 6.34. The Balaban J connectivity index is 1.62. The van der Waals surface area contributed by atoms with E-state index < -0.39 is 0 Å². The van der Waals surface area contributed by atoms with Gasteiger partial charge in [-0.1, -0.05) is 0 Å². The molecule has 0 aromatic carbocycles. The minimum atomic E-state index is -0.206. The number of hydrogen-bond donors (Lipinski definition) is 2. The maximum absolute atomic E-state index is 12.2. The molecule has 3 rings (SSSR count). The second kappa shape index (κ2) is 8.09. The molecule has 2 amide bonds. The Bertz CT molecular complexity index is 622. The third-order valence-electron chi connectivity index (χ3n) is 4.53. The Labute approximate surface area is 146 Å². The molecular weight excluding hydrogens is 324 g/mol. The number of methoxy groups -OCH3 is 1. The predicted molar refractivity (Wildman–Crippen MR) is 90.0 cm³/mol. The topological polar surface area (TPSA) is 109 Å². The van der Waals surface area contributed by atoms with Crippen LogP contribution in [0.2, 0.25) is 0 Å². The fraction of sp³-hybridized carbons (Fsp3) is 0.688. The number of carbonyl (C=O) groups is 2. The van der Waals surface area contributed by atoms with Crippen molar-refractivity contribution >= 4 is 17.8 Å². The summed E-state index contributed by atoms with van der Waals surface area (Å²) in [5.74, 6) is 0.765. The third-order valence-corrected chi connectivity index (χ3v) is 4.53. The van der Waals surface area contributed by atoms with Crippen LogP contribution >= 0.6 is 0 Å². The molecular formula is C16H24N6O3. The molecule has 2 aliphatic heterocycles. The number of anilines is 1. The van der Waals surface area contributed by atoms with E-state index in [0.717, 1.165) is 25.9 Å². The zero-order valence-electron chi connectivity index (χ0n) is 14.5. The van der Waals surface area contributed by atoms with E-state index in [1.807, 2.05) is 0 Å². The highest BCUT2D eigenvalue weighted by Gasteiger charge is 2.24. The zero-order valence-corrected chi connectivity index (χ0v) is 14.5. The van der Waals surface area contributed by atoms with Crippen LogP contribution in [0.5, 0.6) is 6.01 Å². The van der Waals surface area contributed by atoms with Gasteiger partial charge in [-0.05, 0) is 25.7 Å². The van der Waals surface area contributed by atoms with Crippen molar-refractivity contribution in [3.63, 3.8) is 0 Å². The summed E-state index contributed by atoms with van der Waals surface area (Å²) >= 11 is 0. The number of nitrogens with zero attached hydrogens (tertiary/aromatic N) is 4. The summed E-state index contributed by atoms with van der Waals surface area (Å²) in [7, 11) is 1.52. The van der Waals surface area contributed by atoms with Crippen molar-refractivity contribution < 1.29 is 14.3 Å². The van der Waals surface area contributed by atoms with Gasteiger partial charge >= 0.3 is 6.01 Å². The van der Waals surface area contributed by atoms with Crippen LogP contribution in [0.25, 0.3) is 0 Å². The molecule has 0 spiro atoms. The van der Waals surface area contributed by atoms with Gasteiger partial charge in [0.1, 0.15) is 0 Å². The molecule has 9 nitrogen and oxygen atoms in total. The first-order valence-electron chi connectivity index (χ1n) is 8.74. The fourth-order valence-corrected chi connectivity index (χ4v) is 3.06. The third kappa shape index (κ3) is 4.55.